The maximum Gasteiger partial charge on any atom is 0.313 e. The summed E-state index contributed by atoms with van der Waals surface area (Å²) in [6, 6.07) is 4.74. The predicted octanol–water partition coefficient (Wildman–Crippen LogP) is 3.23. The van der Waals surface area contributed by atoms with E-state index >= 15 is 0 Å². The Balaban J connectivity index is 3.08. The molecule has 0 radical (unpaired) electrons. The predicted molar refractivity (Wildman–Crippen MR) is 100 cm³/mol. The summed E-state index contributed by atoms with van der Waals surface area (Å²) in [5.74, 6) is -1.21. The van der Waals surface area contributed by atoms with Crippen molar-refractivity contribution in [2.24, 2.45) is 11.8 Å². The Hall–Kier alpha value is -1.92. The van der Waals surface area contributed by atoms with Gasteiger partial charge in [0.1, 0.15) is 0 Å². The van der Waals surface area contributed by atoms with Crippen LogP contribution >= 0.6 is 0 Å². The molecule has 0 fully saturated rings. The first-order valence-corrected chi connectivity index (χ1v) is 8.91. The molecule has 0 saturated heterocycles. The van der Waals surface area contributed by atoms with Gasteiger partial charge in [-0.05, 0) is 38.5 Å². The lowest BCUT2D eigenvalue weighted by atomic mass is 10.1. The number of β-amino-alcohol motifs (C(OH)–C–C–N with tert-alkyl or cyclic N) is 1. The number of esters is 2. The molecule has 6 nitrogen and oxygen atoms in total. The Morgan fingerprint density at radius 3 is 1.96 bits per heavy atom. The number of benzene rings is 1. The van der Waals surface area contributed by atoms with Crippen LogP contribution in [0.25, 0.3) is 0 Å². The van der Waals surface area contributed by atoms with Gasteiger partial charge in [0.15, 0.2) is 11.5 Å². The Bertz CT molecular complexity index is 632. The van der Waals surface area contributed by atoms with E-state index in [1.54, 1.807) is 39.8 Å². The standard InChI is InChI=1S/C20H31NO5/c1-12(2)18(23)25-16-9-8-14(15(22)11-21-20(5,6)7)10-17(16)26-19(24)13(3)4/h8-10,12-13,15,21-22H,11H2,1-7H3. The van der Waals surface area contributed by atoms with Gasteiger partial charge in [-0.15, -0.1) is 0 Å². The molecule has 1 aromatic rings. The van der Waals surface area contributed by atoms with Gasteiger partial charge in [-0.3, -0.25) is 9.59 Å². The van der Waals surface area contributed by atoms with E-state index in [0.717, 1.165) is 0 Å². The highest BCUT2D eigenvalue weighted by Gasteiger charge is 2.20. The van der Waals surface area contributed by atoms with Crippen molar-refractivity contribution >= 4 is 11.9 Å². The lowest BCUT2D eigenvalue weighted by molar-refractivity contribution is -0.140. The fourth-order valence-electron chi connectivity index (χ4n) is 1.87. The summed E-state index contributed by atoms with van der Waals surface area (Å²) in [6.45, 7) is 13.2. The first kappa shape index (κ1) is 22.1. The van der Waals surface area contributed by atoms with Crippen molar-refractivity contribution in [3.8, 4) is 11.5 Å². The van der Waals surface area contributed by atoms with E-state index in [0.29, 0.717) is 12.1 Å². The summed E-state index contributed by atoms with van der Waals surface area (Å²) in [5, 5.41) is 13.6. The second kappa shape index (κ2) is 9.14. The summed E-state index contributed by atoms with van der Waals surface area (Å²) in [4.78, 5) is 23.9. The molecule has 146 valence electrons. The van der Waals surface area contributed by atoms with Crippen molar-refractivity contribution in [3.63, 3.8) is 0 Å². The van der Waals surface area contributed by atoms with Gasteiger partial charge in [-0.2, -0.15) is 0 Å². The Labute approximate surface area is 155 Å². The number of carbonyl (C=O) groups excluding carboxylic acids is 2. The maximum atomic E-state index is 12.0. The van der Waals surface area contributed by atoms with Crippen molar-refractivity contribution < 1.29 is 24.2 Å². The molecule has 2 N–H and O–H groups in total. The van der Waals surface area contributed by atoms with Crippen molar-refractivity contribution in [3.05, 3.63) is 23.8 Å². The van der Waals surface area contributed by atoms with E-state index in [-0.39, 0.29) is 28.9 Å². The van der Waals surface area contributed by atoms with Gasteiger partial charge in [0, 0.05) is 12.1 Å². The second-order valence-electron chi connectivity index (χ2n) is 8.00. The molecule has 0 bridgehead atoms. The van der Waals surface area contributed by atoms with E-state index < -0.39 is 18.0 Å². The Morgan fingerprint density at radius 1 is 1.00 bits per heavy atom. The summed E-state index contributed by atoms with van der Waals surface area (Å²) < 4.78 is 10.7. The Kier molecular flexibility index (Phi) is 7.78. The summed E-state index contributed by atoms with van der Waals surface area (Å²) in [6.07, 6.45) is -0.791. The highest BCUT2D eigenvalue weighted by atomic mass is 16.6. The highest BCUT2D eigenvalue weighted by Crippen LogP contribution is 2.32. The highest BCUT2D eigenvalue weighted by molar-refractivity contribution is 5.78. The van der Waals surface area contributed by atoms with E-state index in [1.165, 1.54) is 6.07 Å². The lowest BCUT2D eigenvalue weighted by Crippen LogP contribution is -2.38. The summed E-state index contributed by atoms with van der Waals surface area (Å²) >= 11 is 0. The molecule has 0 aromatic heterocycles. The maximum absolute atomic E-state index is 12.0. The van der Waals surface area contributed by atoms with E-state index in [4.69, 9.17) is 9.47 Å². The van der Waals surface area contributed by atoms with E-state index in [9.17, 15) is 14.7 Å². The van der Waals surface area contributed by atoms with Crippen molar-refractivity contribution in [2.45, 2.75) is 60.1 Å². The van der Waals surface area contributed by atoms with Gasteiger partial charge in [0.25, 0.3) is 0 Å². The zero-order valence-electron chi connectivity index (χ0n) is 16.8. The van der Waals surface area contributed by atoms with Crippen LogP contribution in [0.4, 0.5) is 0 Å². The number of carbonyl (C=O) groups is 2. The van der Waals surface area contributed by atoms with Gasteiger partial charge in [-0.25, -0.2) is 0 Å². The SMILES string of the molecule is CC(C)C(=O)Oc1ccc(C(O)CNC(C)(C)C)cc1OC(=O)C(C)C. The fraction of sp³-hybridized carbons (Fsp3) is 0.600. The lowest BCUT2D eigenvalue weighted by Gasteiger charge is -2.23. The van der Waals surface area contributed by atoms with Crippen LogP contribution in [0.2, 0.25) is 0 Å². The number of hydrogen-bond acceptors (Lipinski definition) is 6. The smallest absolute Gasteiger partial charge is 0.313 e. The summed E-state index contributed by atoms with van der Waals surface area (Å²) in [5.41, 5.74) is 0.429. The van der Waals surface area contributed by atoms with Gasteiger partial charge >= 0.3 is 11.9 Å². The van der Waals surface area contributed by atoms with Crippen molar-refractivity contribution in [1.82, 2.24) is 5.32 Å². The zero-order valence-corrected chi connectivity index (χ0v) is 16.8. The minimum Gasteiger partial charge on any atom is -0.422 e. The van der Waals surface area contributed by atoms with E-state index in [2.05, 4.69) is 5.32 Å². The molecule has 0 aliphatic carbocycles. The first-order chi connectivity index (χ1) is 11.9. The molecular formula is C20H31NO5. The van der Waals surface area contributed by atoms with Gasteiger partial charge < -0.3 is 19.9 Å². The van der Waals surface area contributed by atoms with Crippen molar-refractivity contribution in [1.29, 1.82) is 0 Å². The number of aliphatic hydroxyl groups excluding tert-OH is 1. The third kappa shape index (κ3) is 7.14. The molecule has 0 spiro atoms. The topological polar surface area (TPSA) is 84.9 Å². The normalized spacial score (nSPS) is 13.0. The number of hydrogen-bond donors (Lipinski definition) is 2. The number of rotatable bonds is 7. The molecule has 0 heterocycles. The molecule has 1 atom stereocenters. The van der Waals surface area contributed by atoms with Crippen molar-refractivity contribution in [2.75, 3.05) is 6.54 Å². The van der Waals surface area contributed by atoms with Crippen LogP contribution in [0.1, 0.15) is 60.1 Å². The first-order valence-electron chi connectivity index (χ1n) is 8.91. The second-order valence-corrected chi connectivity index (χ2v) is 8.00. The Morgan fingerprint density at radius 2 is 1.50 bits per heavy atom. The van der Waals surface area contributed by atoms with Crippen LogP contribution in [0, 0.1) is 11.8 Å². The third-order valence-electron chi connectivity index (χ3n) is 3.54. The fourth-order valence-corrected chi connectivity index (χ4v) is 1.87. The van der Waals surface area contributed by atoms with Crippen LogP contribution in [0.3, 0.4) is 0 Å². The van der Waals surface area contributed by atoms with Crippen LogP contribution in [-0.4, -0.2) is 29.1 Å². The molecule has 26 heavy (non-hydrogen) atoms. The van der Waals surface area contributed by atoms with Gasteiger partial charge in [0.05, 0.1) is 17.9 Å². The minimum absolute atomic E-state index is 0.130. The van der Waals surface area contributed by atoms with E-state index in [1.807, 2.05) is 20.8 Å². The molecule has 6 heteroatoms. The molecule has 0 aliphatic heterocycles. The largest absolute Gasteiger partial charge is 0.422 e. The van der Waals surface area contributed by atoms with Gasteiger partial charge in [0.2, 0.25) is 0 Å². The summed E-state index contributed by atoms with van der Waals surface area (Å²) in [7, 11) is 0. The number of nitrogens with one attached hydrogen (secondary N) is 1. The zero-order chi connectivity index (χ0) is 20.1. The monoisotopic (exact) mass is 365 g/mol. The van der Waals surface area contributed by atoms with Crippen LogP contribution < -0.4 is 14.8 Å². The minimum atomic E-state index is -0.791. The average Bonchev–Trinajstić information content (AvgIpc) is 2.53. The molecule has 0 amide bonds. The molecular weight excluding hydrogens is 334 g/mol. The molecule has 1 aromatic carbocycles. The molecule has 0 aliphatic rings. The quantitative estimate of drug-likeness (QED) is 0.570. The van der Waals surface area contributed by atoms with Crippen LogP contribution in [0.5, 0.6) is 11.5 Å². The molecule has 0 saturated carbocycles. The van der Waals surface area contributed by atoms with Crippen LogP contribution in [-0.2, 0) is 9.59 Å². The van der Waals surface area contributed by atoms with Crippen LogP contribution in [0.15, 0.2) is 18.2 Å². The molecule has 1 unspecified atom stereocenters. The average molecular weight is 365 g/mol. The van der Waals surface area contributed by atoms with Gasteiger partial charge in [-0.1, -0.05) is 33.8 Å². The third-order valence-corrected chi connectivity index (χ3v) is 3.54. The number of aliphatic hydroxyl groups is 1. The number of ether oxygens (including phenoxy) is 2. The molecule has 1 rings (SSSR count).